The number of aromatic nitrogens is 2. The highest BCUT2D eigenvalue weighted by atomic mass is 15.1. The maximum atomic E-state index is 4.52. The van der Waals surface area contributed by atoms with E-state index in [1.165, 1.54) is 22.3 Å². The van der Waals surface area contributed by atoms with Gasteiger partial charge in [0.2, 0.25) is 5.95 Å². The van der Waals surface area contributed by atoms with Gasteiger partial charge in [0.05, 0.1) is 0 Å². The van der Waals surface area contributed by atoms with Crippen molar-refractivity contribution in [1.29, 1.82) is 0 Å². The topological polar surface area (TPSA) is 49.8 Å². The third-order valence-corrected chi connectivity index (χ3v) is 3.95. The van der Waals surface area contributed by atoms with Crippen molar-refractivity contribution in [2.45, 2.75) is 26.9 Å². The van der Waals surface area contributed by atoms with E-state index in [-0.39, 0.29) is 0 Å². The van der Waals surface area contributed by atoms with Crippen molar-refractivity contribution in [2.75, 3.05) is 10.6 Å². The minimum absolute atomic E-state index is 0.632. The summed E-state index contributed by atoms with van der Waals surface area (Å²) < 4.78 is 0. The Morgan fingerprint density at radius 3 is 2.42 bits per heavy atom. The van der Waals surface area contributed by atoms with Crippen molar-refractivity contribution in [3.8, 4) is 0 Å². The van der Waals surface area contributed by atoms with Gasteiger partial charge in [-0.3, -0.25) is 0 Å². The summed E-state index contributed by atoms with van der Waals surface area (Å²) >= 11 is 0. The molecule has 2 N–H and O–H groups in total. The molecule has 0 amide bonds. The maximum Gasteiger partial charge on any atom is 0.224 e. The second-order valence-electron chi connectivity index (χ2n) is 5.88. The lowest BCUT2D eigenvalue weighted by Gasteiger charge is -2.10. The Morgan fingerprint density at radius 1 is 0.833 bits per heavy atom. The predicted octanol–water partition coefficient (Wildman–Crippen LogP) is 4.32. The fourth-order valence-electron chi connectivity index (χ4n) is 2.42. The fraction of sp³-hybridized carbons (Fsp3) is 0.200. The smallest absolute Gasteiger partial charge is 0.224 e. The Kier molecular flexibility index (Phi) is 5.06. The van der Waals surface area contributed by atoms with Crippen LogP contribution in [0.1, 0.15) is 22.3 Å². The molecule has 0 atom stereocenters. The third kappa shape index (κ3) is 4.32. The molecule has 0 fully saturated rings. The molecule has 0 unspecified atom stereocenters. The van der Waals surface area contributed by atoms with Crippen LogP contribution in [0.15, 0.2) is 60.8 Å². The number of nitrogens with one attached hydrogen (secondary N) is 2. The van der Waals surface area contributed by atoms with Crippen molar-refractivity contribution in [2.24, 2.45) is 0 Å². The molecule has 122 valence electrons. The van der Waals surface area contributed by atoms with Crippen LogP contribution in [-0.4, -0.2) is 9.97 Å². The van der Waals surface area contributed by atoms with E-state index in [9.17, 15) is 0 Å². The first kappa shape index (κ1) is 16.0. The predicted molar refractivity (Wildman–Crippen MR) is 99.0 cm³/mol. The minimum Gasteiger partial charge on any atom is -0.366 e. The summed E-state index contributed by atoms with van der Waals surface area (Å²) in [7, 11) is 0. The highest BCUT2D eigenvalue weighted by molar-refractivity contribution is 5.41. The van der Waals surface area contributed by atoms with Crippen LogP contribution < -0.4 is 10.6 Å². The normalized spacial score (nSPS) is 10.4. The quantitative estimate of drug-likeness (QED) is 0.711. The van der Waals surface area contributed by atoms with E-state index in [1.807, 2.05) is 18.2 Å². The van der Waals surface area contributed by atoms with Crippen molar-refractivity contribution in [1.82, 2.24) is 9.97 Å². The molecule has 2 aromatic carbocycles. The molecule has 4 nitrogen and oxygen atoms in total. The molecule has 1 aromatic heterocycles. The van der Waals surface area contributed by atoms with E-state index in [0.717, 1.165) is 12.4 Å². The van der Waals surface area contributed by atoms with Crippen molar-refractivity contribution in [3.63, 3.8) is 0 Å². The Bertz CT molecular complexity index is 797. The minimum atomic E-state index is 0.632. The summed E-state index contributed by atoms with van der Waals surface area (Å²) in [4.78, 5) is 8.81. The second-order valence-corrected chi connectivity index (χ2v) is 5.88. The summed E-state index contributed by atoms with van der Waals surface area (Å²) in [6.07, 6.45) is 1.77. The van der Waals surface area contributed by atoms with Gasteiger partial charge in [-0.1, -0.05) is 54.1 Å². The molecule has 4 heteroatoms. The molecule has 0 aliphatic heterocycles. The summed E-state index contributed by atoms with van der Waals surface area (Å²) in [6.45, 7) is 5.66. The molecule has 1 heterocycles. The van der Waals surface area contributed by atoms with E-state index >= 15 is 0 Å². The first-order valence-electron chi connectivity index (χ1n) is 8.11. The standard InChI is InChI=1S/C20H22N4/c1-15-7-9-17(10-8-15)13-22-19-11-12-21-20(24-19)23-14-18-6-4-3-5-16(18)2/h3-12H,13-14H2,1-2H3,(H2,21,22,23,24). The zero-order valence-corrected chi connectivity index (χ0v) is 14.1. The average Bonchev–Trinajstić information content (AvgIpc) is 2.61. The number of hydrogen-bond donors (Lipinski definition) is 2. The average molecular weight is 318 g/mol. The van der Waals surface area contributed by atoms with E-state index in [1.54, 1.807) is 6.20 Å². The first-order chi connectivity index (χ1) is 11.7. The van der Waals surface area contributed by atoms with Gasteiger partial charge in [-0.15, -0.1) is 0 Å². The van der Waals surface area contributed by atoms with Gasteiger partial charge in [-0.05, 0) is 36.6 Å². The van der Waals surface area contributed by atoms with Crippen LogP contribution in [0.3, 0.4) is 0 Å². The molecule has 0 aliphatic rings. The maximum absolute atomic E-state index is 4.52. The highest BCUT2D eigenvalue weighted by Gasteiger charge is 2.01. The van der Waals surface area contributed by atoms with Gasteiger partial charge in [-0.25, -0.2) is 4.98 Å². The summed E-state index contributed by atoms with van der Waals surface area (Å²) in [5.41, 5.74) is 5.01. The van der Waals surface area contributed by atoms with Crippen molar-refractivity contribution >= 4 is 11.8 Å². The largest absolute Gasteiger partial charge is 0.366 e. The molecule has 0 saturated heterocycles. The van der Waals surface area contributed by atoms with Crippen LogP contribution >= 0.6 is 0 Å². The molecule has 0 bridgehead atoms. The zero-order valence-electron chi connectivity index (χ0n) is 14.1. The van der Waals surface area contributed by atoms with E-state index in [0.29, 0.717) is 12.5 Å². The van der Waals surface area contributed by atoms with Gasteiger partial charge in [0.15, 0.2) is 0 Å². The van der Waals surface area contributed by atoms with Gasteiger partial charge in [0.25, 0.3) is 0 Å². The van der Waals surface area contributed by atoms with Gasteiger partial charge < -0.3 is 10.6 Å². The summed E-state index contributed by atoms with van der Waals surface area (Å²) in [6, 6.07) is 18.7. The Morgan fingerprint density at radius 2 is 1.62 bits per heavy atom. The molecular formula is C20H22N4. The fourth-order valence-corrected chi connectivity index (χ4v) is 2.42. The molecular weight excluding hydrogens is 296 g/mol. The number of nitrogens with zero attached hydrogens (tertiary/aromatic N) is 2. The van der Waals surface area contributed by atoms with Gasteiger partial charge >= 0.3 is 0 Å². The Balaban J connectivity index is 1.59. The number of aryl methyl sites for hydroxylation is 2. The lowest BCUT2D eigenvalue weighted by molar-refractivity contribution is 1.03. The summed E-state index contributed by atoms with van der Waals surface area (Å²) in [5, 5.41) is 6.62. The first-order valence-corrected chi connectivity index (χ1v) is 8.11. The second kappa shape index (κ2) is 7.59. The SMILES string of the molecule is Cc1ccc(CNc2ccnc(NCc3ccccc3C)n2)cc1. The molecule has 0 aliphatic carbocycles. The monoisotopic (exact) mass is 318 g/mol. The zero-order chi connectivity index (χ0) is 16.8. The van der Waals surface area contributed by atoms with Crippen LogP contribution in [0, 0.1) is 13.8 Å². The molecule has 0 saturated carbocycles. The van der Waals surface area contributed by atoms with Gasteiger partial charge in [0.1, 0.15) is 5.82 Å². The number of benzene rings is 2. The van der Waals surface area contributed by atoms with Crippen LogP contribution in [-0.2, 0) is 13.1 Å². The van der Waals surface area contributed by atoms with E-state index in [4.69, 9.17) is 0 Å². The Hall–Kier alpha value is -2.88. The van der Waals surface area contributed by atoms with Crippen LogP contribution in [0.5, 0.6) is 0 Å². The van der Waals surface area contributed by atoms with Crippen LogP contribution in [0.4, 0.5) is 11.8 Å². The van der Waals surface area contributed by atoms with Gasteiger partial charge in [-0.2, -0.15) is 4.98 Å². The third-order valence-electron chi connectivity index (χ3n) is 3.95. The lowest BCUT2D eigenvalue weighted by Crippen LogP contribution is -2.07. The summed E-state index contributed by atoms with van der Waals surface area (Å²) in [5.74, 6) is 1.45. The van der Waals surface area contributed by atoms with Gasteiger partial charge in [0, 0.05) is 19.3 Å². The highest BCUT2D eigenvalue weighted by Crippen LogP contribution is 2.12. The number of rotatable bonds is 6. The Labute approximate surface area is 143 Å². The van der Waals surface area contributed by atoms with Crippen molar-refractivity contribution < 1.29 is 0 Å². The molecule has 3 aromatic rings. The lowest BCUT2D eigenvalue weighted by atomic mass is 10.1. The van der Waals surface area contributed by atoms with Crippen LogP contribution in [0.25, 0.3) is 0 Å². The van der Waals surface area contributed by atoms with E-state index < -0.39 is 0 Å². The molecule has 0 spiro atoms. The molecule has 24 heavy (non-hydrogen) atoms. The van der Waals surface area contributed by atoms with Crippen molar-refractivity contribution in [3.05, 3.63) is 83.0 Å². The number of hydrogen-bond acceptors (Lipinski definition) is 4. The molecule has 3 rings (SSSR count). The number of anilines is 2. The van der Waals surface area contributed by atoms with E-state index in [2.05, 4.69) is 70.8 Å². The van der Waals surface area contributed by atoms with Crippen LogP contribution in [0.2, 0.25) is 0 Å². The molecule has 0 radical (unpaired) electrons.